The highest BCUT2D eigenvalue weighted by Crippen LogP contribution is 2.26. The number of aliphatic hydroxyl groups excluding tert-OH is 2. The predicted octanol–water partition coefficient (Wildman–Crippen LogP) is 2.58. The normalized spacial score (nSPS) is 16.9. The summed E-state index contributed by atoms with van der Waals surface area (Å²) in [6.45, 7) is 8.26. The first-order valence-corrected chi connectivity index (χ1v) is 14.5. The summed E-state index contributed by atoms with van der Waals surface area (Å²) in [5.74, 6) is -0.398. The Balaban J connectivity index is 0.000000238. The molecule has 2 aliphatic rings. The van der Waals surface area contributed by atoms with Crippen LogP contribution >= 0.6 is 45.2 Å². The molecule has 4 rings (SSSR count). The first-order valence-electron chi connectivity index (χ1n) is 12.3. The summed E-state index contributed by atoms with van der Waals surface area (Å²) in [6.07, 6.45) is 0. The van der Waals surface area contributed by atoms with Crippen LogP contribution in [0.5, 0.6) is 0 Å². The lowest BCUT2D eigenvalue weighted by Crippen LogP contribution is -2.37. The average Bonchev–Trinajstić information content (AvgIpc) is 2.94. The number of aromatic nitrogens is 2. The highest BCUT2D eigenvalue weighted by Gasteiger charge is 2.21. The third kappa shape index (κ3) is 11.3. The van der Waals surface area contributed by atoms with E-state index in [1.165, 1.54) is 0 Å². The van der Waals surface area contributed by atoms with Gasteiger partial charge in [0.25, 0.3) is 0 Å². The van der Waals surface area contributed by atoms with Gasteiger partial charge in [0.2, 0.25) is 5.95 Å². The van der Waals surface area contributed by atoms with E-state index in [-0.39, 0.29) is 40.5 Å². The van der Waals surface area contributed by atoms with Crippen LogP contribution in [-0.2, 0) is 9.47 Å². The van der Waals surface area contributed by atoms with E-state index in [0.717, 1.165) is 6.07 Å². The van der Waals surface area contributed by atoms with Crippen LogP contribution in [-0.4, -0.2) is 98.1 Å². The Hall–Kier alpha value is -1.25. The molecule has 2 aromatic rings. The van der Waals surface area contributed by atoms with Gasteiger partial charge in [-0.3, -0.25) is 0 Å². The summed E-state index contributed by atoms with van der Waals surface area (Å²) in [4.78, 5) is 11.5. The van der Waals surface area contributed by atoms with Gasteiger partial charge >= 0.3 is 0 Å². The van der Waals surface area contributed by atoms with Crippen molar-refractivity contribution in [3.63, 3.8) is 0 Å². The number of anilines is 3. The molecular formula is C24H35F3I2N6O4. The molecule has 0 saturated carbocycles. The van der Waals surface area contributed by atoms with Crippen molar-refractivity contribution >= 4 is 62.6 Å². The minimum atomic E-state index is -0.651. The number of nitrogens with two attached hydrogens (primary N) is 1. The maximum atomic E-state index is 14.2. The molecule has 10 nitrogen and oxygen atoms in total. The molecule has 2 atom stereocenters. The highest BCUT2D eigenvalue weighted by atomic mass is 127. The molecule has 2 aromatic heterocycles. The second kappa shape index (κ2) is 17.5. The van der Waals surface area contributed by atoms with Crippen LogP contribution in [0.4, 0.5) is 30.6 Å². The fourth-order valence-corrected chi connectivity index (χ4v) is 4.32. The third-order valence-electron chi connectivity index (χ3n) is 5.34. The zero-order valence-electron chi connectivity index (χ0n) is 21.8. The van der Waals surface area contributed by atoms with Gasteiger partial charge in [0.1, 0.15) is 5.82 Å². The van der Waals surface area contributed by atoms with Crippen molar-refractivity contribution in [3.05, 3.63) is 36.9 Å². The molecule has 0 radical (unpaired) electrons. The van der Waals surface area contributed by atoms with E-state index >= 15 is 0 Å². The molecule has 39 heavy (non-hydrogen) atoms. The van der Waals surface area contributed by atoms with E-state index in [1.807, 2.05) is 34.4 Å². The summed E-state index contributed by atoms with van der Waals surface area (Å²) in [7, 11) is 0. The van der Waals surface area contributed by atoms with Gasteiger partial charge in [-0.05, 0) is 65.1 Å². The molecule has 4 heterocycles. The van der Waals surface area contributed by atoms with Crippen LogP contribution in [0, 0.1) is 24.7 Å². The second-order valence-corrected chi connectivity index (χ2v) is 11.1. The van der Waals surface area contributed by atoms with Crippen LogP contribution < -0.4 is 20.9 Å². The number of aliphatic hydroxyl groups is 2. The Morgan fingerprint density at radius 2 is 1.31 bits per heavy atom. The topological polar surface area (TPSA) is 129 Å². The lowest BCUT2D eigenvalue weighted by atomic mass is 10.3. The SMILES string of the molecule is C[C@@H](N)CO.C[C@H](CO)Nc1cc(I)c(F)c(N2CCOCC2)n1.Fc1cc(I)c(F)c(N2CCOCC2)n1. The number of ether oxygens (including phenoxy) is 2. The Kier molecular flexibility index (Phi) is 15.3. The highest BCUT2D eigenvalue weighted by molar-refractivity contribution is 14.1. The molecule has 2 fully saturated rings. The van der Waals surface area contributed by atoms with Crippen molar-refractivity contribution < 1.29 is 32.9 Å². The number of hydrogen-bond donors (Lipinski definition) is 4. The Labute approximate surface area is 253 Å². The van der Waals surface area contributed by atoms with Gasteiger partial charge in [-0.25, -0.2) is 13.8 Å². The van der Waals surface area contributed by atoms with Crippen molar-refractivity contribution in [2.75, 3.05) is 80.9 Å². The lowest BCUT2D eigenvalue weighted by molar-refractivity contribution is 0.122. The smallest absolute Gasteiger partial charge is 0.216 e. The zero-order chi connectivity index (χ0) is 28.9. The summed E-state index contributed by atoms with van der Waals surface area (Å²) >= 11 is 3.71. The molecule has 2 saturated heterocycles. The minimum Gasteiger partial charge on any atom is -0.395 e. The monoisotopic (exact) mass is 782 g/mol. The summed E-state index contributed by atoms with van der Waals surface area (Å²) in [6, 6.07) is 2.55. The molecule has 0 spiro atoms. The van der Waals surface area contributed by atoms with Crippen LogP contribution in [0.25, 0.3) is 0 Å². The number of pyridine rings is 2. The van der Waals surface area contributed by atoms with E-state index in [0.29, 0.717) is 67.8 Å². The van der Waals surface area contributed by atoms with Crippen LogP contribution in [0.15, 0.2) is 12.1 Å². The second-order valence-electron chi connectivity index (χ2n) is 8.78. The molecule has 2 aliphatic heterocycles. The molecule has 220 valence electrons. The number of rotatable bonds is 6. The van der Waals surface area contributed by atoms with Crippen molar-refractivity contribution in [2.24, 2.45) is 5.73 Å². The Bertz CT molecular complexity index is 1030. The standard InChI is InChI=1S/C12H17FIN3O2.C9H9F2IN2O.C3H9NO/c1-8(7-18)15-10-6-9(14)11(13)12(16-10)17-2-4-19-5-3-17;10-7-5-6(12)8(11)9(13-7)14-1-3-15-4-2-14;1-3(4)2-5/h6,8,18H,2-5,7H2,1H3,(H,15,16);5H,1-4H2;3,5H,2,4H2,1H3/t8-;;3-/m1.1/s1. The number of morpholine rings is 2. The molecule has 0 amide bonds. The maximum absolute atomic E-state index is 14.2. The van der Waals surface area contributed by atoms with E-state index in [2.05, 4.69) is 15.3 Å². The van der Waals surface area contributed by atoms with Crippen molar-refractivity contribution in [1.82, 2.24) is 9.97 Å². The molecule has 0 aliphatic carbocycles. The summed E-state index contributed by atoms with van der Waals surface area (Å²) < 4.78 is 52.0. The quantitative estimate of drug-likeness (QED) is 0.257. The summed E-state index contributed by atoms with van der Waals surface area (Å²) in [5.41, 5.74) is 5.04. The van der Waals surface area contributed by atoms with Crippen molar-refractivity contribution in [1.29, 1.82) is 0 Å². The first kappa shape index (κ1) is 34.0. The van der Waals surface area contributed by atoms with Crippen molar-refractivity contribution in [3.8, 4) is 0 Å². The van der Waals surface area contributed by atoms with Gasteiger partial charge in [0.05, 0.1) is 46.8 Å². The van der Waals surface area contributed by atoms with E-state index in [1.54, 1.807) is 40.5 Å². The largest absolute Gasteiger partial charge is 0.395 e. The fraction of sp³-hybridized carbons (Fsp3) is 0.583. The van der Waals surface area contributed by atoms with Gasteiger partial charge in [-0.2, -0.15) is 9.37 Å². The van der Waals surface area contributed by atoms with E-state index in [4.69, 9.17) is 25.4 Å². The average molecular weight is 782 g/mol. The first-order chi connectivity index (χ1) is 18.6. The third-order valence-corrected chi connectivity index (χ3v) is 6.91. The maximum Gasteiger partial charge on any atom is 0.216 e. The molecule has 15 heteroatoms. The lowest BCUT2D eigenvalue weighted by Gasteiger charge is -2.28. The van der Waals surface area contributed by atoms with Gasteiger partial charge < -0.3 is 40.5 Å². The van der Waals surface area contributed by atoms with E-state index in [9.17, 15) is 13.2 Å². The molecule has 0 aromatic carbocycles. The van der Waals surface area contributed by atoms with Gasteiger partial charge in [0, 0.05) is 44.3 Å². The molecule has 0 bridgehead atoms. The number of halogens is 5. The number of nitrogens with one attached hydrogen (secondary N) is 1. The van der Waals surface area contributed by atoms with Gasteiger partial charge in [-0.1, -0.05) is 0 Å². The fourth-order valence-electron chi connectivity index (χ4n) is 3.28. The minimum absolute atomic E-state index is 0.00250. The molecule has 5 N–H and O–H groups in total. The van der Waals surface area contributed by atoms with Crippen LogP contribution in [0.3, 0.4) is 0 Å². The van der Waals surface area contributed by atoms with E-state index < -0.39 is 11.8 Å². The zero-order valence-corrected chi connectivity index (χ0v) is 26.2. The summed E-state index contributed by atoms with van der Waals surface area (Å²) in [5, 5.41) is 20.1. The molecule has 0 unspecified atom stereocenters. The Morgan fingerprint density at radius 3 is 1.74 bits per heavy atom. The van der Waals surface area contributed by atoms with Crippen LogP contribution in [0.2, 0.25) is 0 Å². The molecular weight excluding hydrogens is 747 g/mol. The Morgan fingerprint density at radius 1 is 0.872 bits per heavy atom. The van der Waals surface area contributed by atoms with Crippen molar-refractivity contribution in [2.45, 2.75) is 25.9 Å². The van der Waals surface area contributed by atoms with Crippen LogP contribution in [0.1, 0.15) is 13.8 Å². The number of nitrogens with zero attached hydrogens (tertiary/aromatic N) is 4. The van der Waals surface area contributed by atoms with Gasteiger partial charge in [-0.15, -0.1) is 0 Å². The number of hydrogen-bond acceptors (Lipinski definition) is 10. The van der Waals surface area contributed by atoms with Gasteiger partial charge in [0.15, 0.2) is 23.3 Å². The predicted molar refractivity (Wildman–Crippen MR) is 161 cm³/mol.